The Kier molecular flexibility index (Phi) is 4.03. The molecule has 0 saturated heterocycles. The highest BCUT2D eigenvalue weighted by molar-refractivity contribution is 5.69. The second-order valence-electron chi connectivity index (χ2n) is 3.16. The van der Waals surface area contributed by atoms with Gasteiger partial charge in [-0.15, -0.1) is 5.48 Å². The molecule has 0 aliphatic carbocycles. The molecule has 1 amide bonds. The lowest BCUT2D eigenvalue weighted by molar-refractivity contribution is -0.0298. The van der Waals surface area contributed by atoms with Crippen molar-refractivity contribution in [2.75, 3.05) is 7.11 Å². The highest BCUT2D eigenvalue weighted by atomic mass is 16.8. The van der Waals surface area contributed by atoms with Gasteiger partial charge >= 0.3 is 12.2 Å². The fraction of sp³-hybridized carbons (Fsp3) is 0.714. The van der Waals surface area contributed by atoms with Crippen LogP contribution in [0.15, 0.2) is 0 Å². The van der Waals surface area contributed by atoms with E-state index >= 15 is 0 Å². The van der Waals surface area contributed by atoms with Gasteiger partial charge in [0.25, 0.3) is 0 Å². The summed E-state index contributed by atoms with van der Waals surface area (Å²) >= 11 is 0. The summed E-state index contributed by atoms with van der Waals surface area (Å²) in [5.41, 5.74) is 1.06. The number of nitrogens with one attached hydrogen (secondary N) is 1. The summed E-state index contributed by atoms with van der Waals surface area (Å²) in [7, 11) is 1.15. The molecule has 0 spiro atoms. The maximum absolute atomic E-state index is 10.8. The third-order valence-corrected chi connectivity index (χ3v) is 0.793. The SMILES string of the molecule is COC(=O)NOC(=O)OC(C)(C)C. The molecule has 0 fully saturated rings. The van der Waals surface area contributed by atoms with Gasteiger partial charge in [-0.2, -0.15) is 0 Å². The van der Waals surface area contributed by atoms with E-state index in [1.807, 2.05) is 0 Å². The molecule has 0 aromatic heterocycles. The van der Waals surface area contributed by atoms with Crippen molar-refractivity contribution in [2.45, 2.75) is 26.4 Å². The Balaban J connectivity index is 3.71. The van der Waals surface area contributed by atoms with Crippen LogP contribution in [-0.4, -0.2) is 25.0 Å². The van der Waals surface area contributed by atoms with Crippen LogP contribution < -0.4 is 5.48 Å². The normalized spacial score (nSPS) is 10.2. The van der Waals surface area contributed by atoms with Crippen molar-refractivity contribution in [1.29, 1.82) is 0 Å². The topological polar surface area (TPSA) is 73.9 Å². The Morgan fingerprint density at radius 3 is 2.15 bits per heavy atom. The van der Waals surface area contributed by atoms with Crippen molar-refractivity contribution in [1.82, 2.24) is 5.48 Å². The fourth-order valence-corrected chi connectivity index (χ4v) is 0.396. The Morgan fingerprint density at radius 2 is 1.77 bits per heavy atom. The maximum atomic E-state index is 10.8. The van der Waals surface area contributed by atoms with Crippen LogP contribution in [0.25, 0.3) is 0 Å². The van der Waals surface area contributed by atoms with Gasteiger partial charge in [0, 0.05) is 0 Å². The van der Waals surface area contributed by atoms with Gasteiger partial charge < -0.3 is 14.3 Å². The summed E-state index contributed by atoms with van der Waals surface area (Å²) < 4.78 is 8.85. The monoisotopic (exact) mass is 191 g/mol. The molecule has 0 bridgehead atoms. The van der Waals surface area contributed by atoms with Crippen LogP contribution in [-0.2, 0) is 14.3 Å². The van der Waals surface area contributed by atoms with E-state index in [-0.39, 0.29) is 0 Å². The van der Waals surface area contributed by atoms with Gasteiger partial charge in [0.1, 0.15) is 5.60 Å². The number of hydrogen-bond acceptors (Lipinski definition) is 5. The van der Waals surface area contributed by atoms with Crippen LogP contribution in [0.3, 0.4) is 0 Å². The summed E-state index contributed by atoms with van der Waals surface area (Å²) in [6, 6.07) is 0. The number of ether oxygens (including phenoxy) is 2. The zero-order valence-electron chi connectivity index (χ0n) is 8.04. The van der Waals surface area contributed by atoms with Crippen LogP contribution in [0.5, 0.6) is 0 Å². The van der Waals surface area contributed by atoms with Crippen molar-refractivity contribution in [3.8, 4) is 0 Å². The Morgan fingerprint density at radius 1 is 1.23 bits per heavy atom. The van der Waals surface area contributed by atoms with Gasteiger partial charge in [-0.25, -0.2) is 9.59 Å². The third kappa shape index (κ3) is 6.92. The lowest BCUT2D eigenvalue weighted by Gasteiger charge is -2.18. The molecule has 76 valence electrons. The third-order valence-electron chi connectivity index (χ3n) is 0.793. The molecule has 0 radical (unpaired) electrons. The van der Waals surface area contributed by atoms with E-state index in [1.165, 1.54) is 0 Å². The van der Waals surface area contributed by atoms with Crippen molar-refractivity contribution in [3.63, 3.8) is 0 Å². The number of carbonyl (C=O) groups excluding carboxylic acids is 2. The minimum absolute atomic E-state index is 0.658. The molecule has 0 rings (SSSR count). The quantitative estimate of drug-likeness (QED) is 0.460. The number of rotatable bonds is 0. The van der Waals surface area contributed by atoms with Crippen LogP contribution >= 0.6 is 0 Å². The zero-order chi connectivity index (χ0) is 10.5. The first-order chi connectivity index (χ1) is 5.85. The van der Waals surface area contributed by atoms with E-state index in [2.05, 4.69) is 9.57 Å². The predicted molar refractivity (Wildman–Crippen MR) is 42.9 cm³/mol. The van der Waals surface area contributed by atoms with Gasteiger partial charge in [0.15, 0.2) is 0 Å². The first kappa shape index (κ1) is 11.5. The van der Waals surface area contributed by atoms with Crippen LogP contribution in [0, 0.1) is 0 Å². The van der Waals surface area contributed by atoms with Crippen molar-refractivity contribution in [2.24, 2.45) is 0 Å². The summed E-state index contributed by atoms with van der Waals surface area (Å²) in [5.74, 6) is 0. The lowest BCUT2D eigenvalue weighted by atomic mass is 10.2. The summed E-state index contributed by atoms with van der Waals surface area (Å²) in [6.07, 6.45) is -1.86. The molecule has 0 atom stereocenters. The Labute approximate surface area is 76.1 Å². The number of carbonyl (C=O) groups is 2. The molecule has 0 unspecified atom stereocenters. The molecular formula is C7H13NO5. The second kappa shape index (κ2) is 4.54. The van der Waals surface area contributed by atoms with Gasteiger partial charge in [-0.05, 0) is 20.8 Å². The molecule has 0 aliphatic heterocycles. The number of hydroxylamine groups is 1. The summed E-state index contributed by atoms with van der Waals surface area (Å²) in [5, 5.41) is 0. The Hall–Kier alpha value is -1.46. The average Bonchev–Trinajstić information content (AvgIpc) is 1.97. The minimum atomic E-state index is -0.988. The smallest absolute Gasteiger partial charge is 0.451 e. The average molecular weight is 191 g/mol. The largest absolute Gasteiger partial charge is 0.533 e. The van der Waals surface area contributed by atoms with E-state index in [0.717, 1.165) is 7.11 Å². The van der Waals surface area contributed by atoms with E-state index in [9.17, 15) is 9.59 Å². The first-order valence-corrected chi connectivity index (χ1v) is 3.59. The van der Waals surface area contributed by atoms with Crippen LogP contribution in [0.2, 0.25) is 0 Å². The molecule has 0 aromatic rings. The number of methoxy groups -OCH3 is 1. The van der Waals surface area contributed by atoms with E-state index in [4.69, 9.17) is 4.74 Å². The standard InChI is InChI=1S/C7H13NO5/c1-7(2,3)12-6(10)13-8-5(9)11-4/h1-4H3,(H,8,9). The molecular weight excluding hydrogens is 178 g/mol. The Bertz CT molecular complexity index is 196. The van der Waals surface area contributed by atoms with Gasteiger partial charge in [-0.1, -0.05) is 0 Å². The van der Waals surface area contributed by atoms with E-state index < -0.39 is 17.8 Å². The van der Waals surface area contributed by atoms with Crippen molar-refractivity contribution < 1.29 is 23.9 Å². The van der Waals surface area contributed by atoms with E-state index in [1.54, 1.807) is 26.3 Å². The molecule has 0 saturated carbocycles. The van der Waals surface area contributed by atoms with Gasteiger partial charge in [0.2, 0.25) is 0 Å². The van der Waals surface area contributed by atoms with Crippen molar-refractivity contribution >= 4 is 12.2 Å². The van der Waals surface area contributed by atoms with Gasteiger partial charge in [0.05, 0.1) is 7.11 Å². The number of amides is 1. The van der Waals surface area contributed by atoms with Crippen LogP contribution in [0.4, 0.5) is 9.59 Å². The summed E-state index contributed by atoms with van der Waals surface area (Å²) in [6.45, 7) is 5.02. The predicted octanol–water partition coefficient (Wildman–Crippen LogP) is 1.21. The zero-order valence-corrected chi connectivity index (χ0v) is 8.04. The van der Waals surface area contributed by atoms with Crippen molar-refractivity contribution in [3.05, 3.63) is 0 Å². The summed E-state index contributed by atoms with van der Waals surface area (Å²) in [4.78, 5) is 25.4. The molecule has 6 nitrogen and oxygen atoms in total. The molecule has 1 N–H and O–H groups in total. The highest BCUT2D eigenvalue weighted by Gasteiger charge is 2.18. The first-order valence-electron chi connectivity index (χ1n) is 3.59. The van der Waals surface area contributed by atoms with Crippen LogP contribution in [0.1, 0.15) is 20.8 Å². The fourth-order valence-electron chi connectivity index (χ4n) is 0.396. The van der Waals surface area contributed by atoms with Gasteiger partial charge in [-0.3, -0.25) is 0 Å². The highest BCUT2D eigenvalue weighted by Crippen LogP contribution is 2.07. The molecule has 13 heavy (non-hydrogen) atoms. The second-order valence-corrected chi connectivity index (χ2v) is 3.16. The molecule has 0 aromatic carbocycles. The lowest BCUT2D eigenvalue weighted by Crippen LogP contribution is -2.31. The molecule has 0 aliphatic rings. The van der Waals surface area contributed by atoms with E-state index in [0.29, 0.717) is 0 Å². The minimum Gasteiger partial charge on any atom is -0.451 e. The maximum Gasteiger partial charge on any atom is 0.533 e. The molecule has 6 heteroatoms. The molecule has 0 heterocycles. The number of hydrogen-bond donors (Lipinski definition) is 1.